The summed E-state index contributed by atoms with van der Waals surface area (Å²) in [4.78, 5) is 29.2. The van der Waals surface area contributed by atoms with Crippen LogP contribution in [0.4, 0.5) is 11.4 Å². The average Bonchev–Trinajstić information content (AvgIpc) is 2.84. The van der Waals surface area contributed by atoms with Gasteiger partial charge < -0.3 is 15.3 Å². The first-order chi connectivity index (χ1) is 17.2. The summed E-state index contributed by atoms with van der Waals surface area (Å²) in [6.07, 6.45) is 10.0. The number of fused-ring (bicyclic) bond motifs is 4. The van der Waals surface area contributed by atoms with Crippen LogP contribution in [0.25, 0.3) is 0 Å². The fourth-order valence-electron chi connectivity index (χ4n) is 8.57. The van der Waals surface area contributed by atoms with E-state index in [1.54, 1.807) is 6.92 Å². The molecule has 0 aromatic heterocycles. The molecule has 2 aliphatic carbocycles. The van der Waals surface area contributed by atoms with Crippen molar-refractivity contribution in [2.24, 2.45) is 29.6 Å². The zero-order valence-electron chi connectivity index (χ0n) is 22.5. The SMILES string of the molecule is CC(=O)N(c1ccccc1NCC(=O)O)C1CC2CCC(C)C(C1)N2C1CC2CC(C1)C(C)CC2C. The van der Waals surface area contributed by atoms with Crippen molar-refractivity contribution in [2.45, 2.75) is 103 Å². The lowest BCUT2D eigenvalue weighted by Crippen LogP contribution is -2.64. The maximum Gasteiger partial charge on any atom is 0.322 e. The number of carboxylic acids is 1. The number of carbonyl (C=O) groups is 2. The van der Waals surface area contributed by atoms with Gasteiger partial charge in [0.05, 0.1) is 11.4 Å². The van der Waals surface area contributed by atoms with Crippen LogP contribution in [0.5, 0.6) is 0 Å². The number of amides is 1. The number of hydrogen-bond acceptors (Lipinski definition) is 4. The van der Waals surface area contributed by atoms with E-state index in [1.165, 1.54) is 38.5 Å². The molecule has 1 aromatic carbocycles. The number of benzene rings is 1. The second kappa shape index (κ2) is 10.4. The van der Waals surface area contributed by atoms with Gasteiger partial charge in [-0.2, -0.15) is 0 Å². The summed E-state index contributed by atoms with van der Waals surface area (Å²) in [5, 5.41) is 12.2. The van der Waals surface area contributed by atoms with Gasteiger partial charge in [-0.15, -0.1) is 0 Å². The van der Waals surface area contributed by atoms with Gasteiger partial charge in [-0.1, -0.05) is 32.9 Å². The van der Waals surface area contributed by atoms with E-state index in [0.29, 0.717) is 24.0 Å². The third kappa shape index (κ3) is 4.90. The highest BCUT2D eigenvalue weighted by Crippen LogP contribution is 2.51. The van der Waals surface area contributed by atoms with Crippen LogP contribution in [0, 0.1) is 29.6 Å². The van der Waals surface area contributed by atoms with Crippen LogP contribution in [0.15, 0.2) is 24.3 Å². The Bertz CT molecular complexity index is 951. The van der Waals surface area contributed by atoms with Gasteiger partial charge in [-0.25, -0.2) is 0 Å². The quantitative estimate of drug-likeness (QED) is 0.535. The highest BCUT2D eigenvalue weighted by Gasteiger charge is 2.49. The number of para-hydroxylation sites is 2. The Balaban J connectivity index is 1.40. The second-order valence-corrected chi connectivity index (χ2v) is 12.6. The average molecular weight is 496 g/mol. The molecule has 5 rings (SSSR count). The van der Waals surface area contributed by atoms with Crippen molar-refractivity contribution >= 4 is 23.3 Å². The summed E-state index contributed by atoms with van der Waals surface area (Å²) >= 11 is 0. The van der Waals surface area contributed by atoms with Crippen molar-refractivity contribution in [1.29, 1.82) is 0 Å². The van der Waals surface area contributed by atoms with E-state index in [2.05, 4.69) is 31.0 Å². The zero-order valence-corrected chi connectivity index (χ0v) is 22.5. The highest BCUT2D eigenvalue weighted by atomic mass is 16.4. The summed E-state index contributed by atoms with van der Waals surface area (Å²) < 4.78 is 0. The second-order valence-electron chi connectivity index (χ2n) is 12.6. The van der Waals surface area contributed by atoms with Gasteiger partial charge in [0.2, 0.25) is 5.91 Å². The molecule has 4 fully saturated rings. The van der Waals surface area contributed by atoms with Crippen molar-refractivity contribution < 1.29 is 14.7 Å². The molecule has 4 bridgehead atoms. The van der Waals surface area contributed by atoms with E-state index in [1.807, 2.05) is 29.2 Å². The van der Waals surface area contributed by atoms with Gasteiger partial charge in [0.1, 0.15) is 6.54 Å². The lowest BCUT2D eigenvalue weighted by Gasteiger charge is -2.59. The molecule has 36 heavy (non-hydrogen) atoms. The molecule has 198 valence electrons. The number of hydrogen-bond donors (Lipinski definition) is 2. The fraction of sp³-hybridized carbons (Fsp3) is 0.733. The lowest BCUT2D eigenvalue weighted by molar-refractivity contribution is -0.135. The first kappa shape index (κ1) is 25.6. The minimum atomic E-state index is -0.906. The standard InChI is InChI=1S/C30H45N3O3/c1-18-9-10-24-15-26(32(21(4)34)28-8-6-5-7-27(28)31-17-30(35)36)16-29(18)33(24)25-13-22-12-23(14-25)20(3)11-19(22)2/h5-8,18-20,22-26,29,31H,9-17H2,1-4H3,(H,35,36). The predicted molar refractivity (Wildman–Crippen MR) is 144 cm³/mol. The van der Waals surface area contributed by atoms with Crippen LogP contribution in [-0.4, -0.2) is 52.6 Å². The third-order valence-electron chi connectivity index (χ3n) is 10.3. The van der Waals surface area contributed by atoms with E-state index in [-0.39, 0.29) is 18.5 Å². The molecule has 2 aliphatic heterocycles. The van der Waals surface area contributed by atoms with Crippen molar-refractivity contribution in [1.82, 2.24) is 4.90 Å². The van der Waals surface area contributed by atoms with E-state index < -0.39 is 5.97 Å². The van der Waals surface area contributed by atoms with Gasteiger partial charge in [0.25, 0.3) is 0 Å². The van der Waals surface area contributed by atoms with Gasteiger partial charge >= 0.3 is 5.97 Å². The van der Waals surface area contributed by atoms with Crippen LogP contribution in [0.2, 0.25) is 0 Å². The molecule has 6 heteroatoms. The molecule has 1 amide bonds. The Hall–Kier alpha value is -2.08. The monoisotopic (exact) mass is 495 g/mol. The van der Waals surface area contributed by atoms with Crippen LogP contribution in [-0.2, 0) is 9.59 Å². The van der Waals surface area contributed by atoms with Crippen molar-refractivity contribution in [3.63, 3.8) is 0 Å². The van der Waals surface area contributed by atoms with Gasteiger partial charge in [0, 0.05) is 31.1 Å². The summed E-state index contributed by atoms with van der Waals surface area (Å²) in [6, 6.07) is 9.56. The maximum atomic E-state index is 13.1. The van der Waals surface area contributed by atoms with Crippen LogP contribution in [0.3, 0.4) is 0 Å². The number of aliphatic carboxylic acids is 1. The van der Waals surface area contributed by atoms with Crippen molar-refractivity contribution in [3.05, 3.63) is 24.3 Å². The zero-order chi connectivity index (χ0) is 25.6. The first-order valence-corrected chi connectivity index (χ1v) is 14.3. The van der Waals surface area contributed by atoms with Crippen LogP contribution in [0.1, 0.15) is 79.1 Å². The van der Waals surface area contributed by atoms with E-state index in [0.717, 1.165) is 47.9 Å². The summed E-state index contributed by atoms with van der Waals surface area (Å²) in [5.41, 5.74) is 1.53. The lowest BCUT2D eigenvalue weighted by atomic mass is 9.61. The van der Waals surface area contributed by atoms with Crippen LogP contribution >= 0.6 is 0 Å². The summed E-state index contributed by atoms with van der Waals surface area (Å²) in [6.45, 7) is 8.88. The van der Waals surface area contributed by atoms with Crippen molar-refractivity contribution in [2.75, 3.05) is 16.8 Å². The fourth-order valence-corrected chi connectivity index (χ4v) is 8.57. The molecule has 2 heterocycles. The maximum absolute atomic E-state index is 13.1. The minimum absolute atomic E-state index is 0.0404. The molecular formula is C30H45N3O3. The molecule has 8 unspecified atom stereocenters. The number of carboxylic acid groups (broad SMARTS) is 1. The van der Waals surface area contributed by atoms with Gasteiger partial charge in [-0.3, -0.25) is 14.5 Å². The van der Waals surface area contributed by atoms with E-state index in [4.69, 9.17) is 0 Å². The predicted octanol–water partition coefficient (Wildman–Crippen LogP) is 5.63. The molecule has 8 atom stereocenters. The number of carbonyl (C=O) groups excluding carboxylic acids is 1. The molecule has 0 spiro atoms. The molecule has 2 saturated carbocycles. The van der Waals surface area contributed by atoms with Gasteiger partial charge in [0.15, 0.2) is 0 Å². The molecule has 0 radical (unpaired) electrons. The summed E-state index contributed by atoms with van der Waals surface area (Å²) in [5.74, 6) is 3.21. The molecule has 4 aliphatic rings. The molecule has 1 aromatic rings. The molecular weight excluding hydrogens is 450 g/mol. The smallest absolute Gasteiger partial charge is 0.322 e. The number of rotatable bonds is 6. The molecule has 2 N–H and O–H groups in total. The van der Waals surface area contributed by atoms with Crippen molar-refractivity contribution in [3.8, 4) is 0 Å². The number of nitrogens with one attached hydrogen (secondary N) is 1. The first-order valence-electron chi connectivity index (χ1n) is 14.3. The number of piperidine rings is 2. The number of anilines is 2. The normalized spacial score (nSPS) is 38.3. The van der Waals surface area contributed by atoms with Crippen LogP contribution < -0.4 is 10.2 Å². The molecule has 2 saturated heterocycles. The Labute approximate surface area is 216 Å². The molecule has 6 nitrogen and oxygen atoms in total. The Morgan fingerprint density at radius 3 is 2.28 bits per heavy atom. The van der Waals surface area contributed by atoms with E-state index >= 15 is 0 Å². The Kier molecular flexibility index (Phi) is 7.35. The topological polar surface area (TPSA) is 72.9 Å². The Morgan fingerprint density at radius 1 is 0.917 bits per heavy atom. The van der Waals surface area contributed by atoms with E-state index in [9.17, 15) is 14.7 Å². The number of nitrogens with zero attached hydrogens (tertiary/aromatic N) is 2. The Morgan fingerprint density at radius 2 is 1.61 bits per heavy atom. The summed E-state index contributed by atoms with van der Waals surface area (Å²) in [7, 11) is 0. The minimum Gasteiger partial charge on any atom is -0.480 e. The highest BCUT2D eigenvalue weighted by molar-refractivity contribution is 5.96. The third-order valence-corrected chi connectivity index (χ3v) is 10.3. The van der Waals surface area contributed by atoms with Gasteiger partial charge in [-0.05, 0) is 93.1 Å². The largest absolute Gasteiger partial charge is 0.480 e.